The minimum absolute atomic E-state index is 0.0191. The maximum Gasteiger partial charge on any atom is 0.458 e. The predicted molar refractivity (Wildman–Crippen MR) is 48.3 cm³/mol. The van der Waals surface area contributed by atoms with Crippen LogP contribution in [0.5, 0.6) is 0 Å². The van der Waals surface area contributed by atoms with Crippen LogP contribution in [-0.2, 0) is 9.45 Å². The maximum absolute atomic E-state index is 10.4. The minimum atomic E-state index is -0.874. The summed E-state index contributed by atoms with van der Waals surface area (Å²) in [7, 11) is -0.788. The lowest BCUT2D eigenvalue weighted by molar-refractivity contribution is -0.139. The Kier molecular flexibility index (Phi) is 3.33. The van der Waals surface area contributed by atoms with Gasteiger partial charge in [-0.25, -0.2) is 0 Å². The van der Waals surface area contributed by atoms with Gasteiger partial charge in [-0.2, -0.15) is 0 Å². The second-order valence-corrected chi connectivity index (χ2v) is 3.59. The van der Waals surface area contributed by atoms with Crippen molar-refractivity contribution < 1.29 is 19.6 Å². The van der Waals surface area contributed by atoms with E-state index < -0.39 is 13.1 Å². The molecule has 0 bridgehead atoms. The third-order valence-corrected chi connectivity index (χ3v) is 2.79. The molecule has 74 valence electrons. The molecule has 1 rings (SSSR count). The number of hydrogen-bond donors (Lipinski definition) is 2. The number of carbonyl (C=O) groups is 1. The van der Waals surface area contributed by atoms with E-state index in [1.807, 2.05) is 13.8 Å². The lowest BCUT2D eigenvalue weighted by Gasteiger charge is -2.15. The first-order valence-electron chi connectivity index (χ1n) is 4.61. The normalized spacial score (nSPS) is 33.8. The van der Waals surface area contributed by atoms with Crippen LogP contribution in [0.2, 0.25) is 5.82 Å². The first-order valence-corrected chi connectivity index (χ1v) is 4.61. The Hall–Kier alpha value is -0.545. The Morgan fingerprint density at radius 3 is 2.62 bits per heavy atom. The summed E-state index contributed by atoms with van der Waals surface area (Å²) in [4.78, 5) is 10.4. The van der Waals surface area contributed by atoms with E-state index in [1.54, 1.807) is 0 Å². The summed E-state index contributed by atoms with van der Waals surface area (Å²) >= 11 is 0. The predicted octanol–water partition coefficient (Wildman–Crippen LogP) is 0.757. The van der Waals surface area contributed by atoms with Crippen molar-refractivity contribution in [2.45, 2.75) is 38.6 Å². The highest BCUT2D eigenvalue weighted by molar-refractivity contribution is 6.45. The van der Waals surface area contributed by atoms with Gasteiger partial charge in [0.2, 0.25) is 0 Å². The number of carboxylic acid groups (broad SMARTS) is 1. The van der Waals surface area contributed by atoms with E-state index in [1.165, 1.54) is 0 Å². The van der Waals surface area contributed by atoms with Crippen molar-refractivity contribution in [1.29, 1.82) is 0 Å². The average Bonchev–Trinajstić information content (AvgIpc) is 2.26. The van der Waals surface area contributed by atoms with Gasteiger partial charge in [0.1, 0.15) is 0 Å². The van der Waals surface area contributed by atoms with Crippen LogP contribution in [0.25, 0.3) is 0 Å². The van der Waals surface area contributed by atoms with E-state index in [2.05, 4.69) is 0 Å². The highest BCUT2D eigenvalue weighted by atomic mass is 16.5. The van der Waals surface area contributed by atoms with Gasteiger partial charge in [-0.3, -0.25) is 4.79 Å². The van der Waals surface area contributed by atoms with Gasteiger partial charge in [-0.1, -0.05) is 20.3 Å². The molecule has 0 aromatic heterocycles. The van der Waals surface area contributed by atoms with Crippen LogP contribution in [0, 0.1) is 5.92 Å². The van der Waals surface area contributed by atoms with Crippen LogP contribution in [0.15, 0.2) is 0 Å². The molecule has 0 saturated carbocycles. The second kappa shape index (κ2) is 4.11. The second-order valence-electron chi connectivity index (χ2n) is 3.59. The zero-order chi connectivity index (χ0) is 10.0. The molecule has 3 atom stereocenters. The van der Waals surface area contributed by atoms with Crippen LogP contribution in [0.3, 0.4) is 0 Å². The Morgan fingerprint density at radius 2 is 2.23 bits per heavy atom. The van der Waals surface area contributed by atoms with Crippen molar-refractivity contribution in [2.75, 3.05) is 0 Å². The number of carboxylic acids is 1. The summed E-state index contributed by atoms with van der Waals surface area (Å²) in [5.74, 6) is -0.679. The molecular formula is C8H15BO4. The van der Waals surface area contributed by atoms with Crippen molar-refractivity contribution in [3.63, 3.8) is 0 Å². The Labute approximate surface area is 78.0 Å². The van der Waals surface area contributed by atoms with E-state index in [9.17, 15) is 9.82 Å². The Balaban J connectivity index is 2.56. The quantitative estimate of drug-likeness (QED) is 0.638. The number of rotatable bonds is 3. The van der Waals surface area contributed by atoms with Gasteiger partial charge >= 0.3 is 13.1 Å². The minimum Gasteiger partial charge on any atom is -0.481 e. The number of aliphatic carboxylic acids is 1. The summed E-state index contributed by atoms with van der Waals surface area (Å²) in [5.41, 5.74) is 0. The maximum atomic E-state index is 10.4. The molecule has 0 aromatic rings. The van der Waals surface area contributed by atoms with Crippen molar-refractivity contribution in [2.24, 2.45) is 5.92 Å². The first-order chi connectivity index (χ1) is 6.06. The monoisotopic (exact) mass is 186 g/mol. The van der Waals surface area contributed by atoms with Gasteiger partial charge < -0.3 is 14.8 Å². The third kappa shape index (κ3) is 2.22. The topological polar surface area (TPSA) is 66.8 Å². The van der Waals surface area contributed by atoms with E-state index in [-0.39, 0.29) is 24.3 Å². The van der Waals surface area contributed by atoms with Crippen LogP contribution in [0.4, 0.5) is 0 Å². The molecule has 5 heteroatoms. The highest BCUT2D eigenvalue weighted by Gasteiger charge is 2.44. The van der Waals surface area contributed by atoms with Crippen molar-refractivity contribution in [1.82, 2.24) is 0 Å². The fraction of sp³-hybridized carbons (Fsp3) is 0.875. The van der Waals surface area contributed by atoms with E-state index >= 15 is 0 Å². The highest BCUT2D eigenvalue weighted by Crippen LogP contribution is 2.37. The summed E-state index contributed by atoms with van der Waals surface area (Å²) < 4.78 is 5.16. The Bertz CT molecular complexity index is 197. The van der Waals surface area contributed by atoms with Gasteiger partial charge in [-0.15, -0.1) is 0 Å². The first kappa shape index (κ1) is 10.5. The van der Waals surface area contributed by atoms with Gasteiger partial charge in [0.25, 0.3) is 0 Å². The molecule has 4 nitrogen and oxygen atoms in total. The third-order valence-electron chi connectivity index (χ3n) is 2.79. The van der Waals surface area contributed by atoms with Crippen molar-refractivity contribution >= 4 is 13.1 Å². The fourth-order valence-corrected chi connectivity index (χ4v) is 1.92. The largest absolute Gasteiger partial charge is 0.481 e. The molecule has 1 saturated heterocycles. The van der Waals surface area contributed by atoms with Crippen molar-refractivity contribution in [3.05, 3.63) is 0 Å². The van der Waals surface area contributed by atoms with Crippen LogP contribution >= 0.6 is 0 Å². The average molecular weight is 186 g/mol. The van der Waals surface area contributed by atoms with E-state index in [0.717, 1.165) is 6.42 Å². The molecule has 1 aliphatic rings. The standard InChI is InChI=1S/C8H15BO4/c1-3-6-5(2)7(4-8(10)11)13-9(6)12/h5-7,12H,3-4H2,1-2H3,(H,10,11). The van der Waals surface area contributed by atoms with Crippen molar-refractivity contribution in [3.8, 4) is 0 Å². The summed E-state index contributed by atoms with van der Waals surface area (Å²) in [6.45, 7) is 3.90. The van der Waals surface area contributed by atoms with Crippen LogP contribution in [-0.4, -0.2) is 29.3 Å². The molecule has 1 heterocycles. The fourth-order valence-electron chi connectivity index (χ4n) is 1.92. The molecule has 3 unspecified atom stereocenters. The van der Waals surface area contributed by atoms with E-state index in [4.69, 9.17) is 9.76 Å². The molecule has 0 aromatic carbocycles. The molecule has 0 aliphatic carbocycles. The van der Waals surface area contributed by atoms with Gasteiger partial charge in [0, 0.05) is 0 Å². The molecule has 0 amide bonds. The van der Waals surface area contributed by atoms with Crippen LogP contribution in [0.1, 0.15) is 26.7 Å². The molecule has 2 N–H and O–H groups in total. The molecule has 0 radical (unpaired) electrons. The Morgan fingerprint density at radius 1 is 1.62 bits per heavy atom. The smallest absolute Gasteiger partial charge is 0.458 e. The van der Waals surface area contributed by atoms with Gasteiger partial charge in [0.05, 0.1) is 12.5 Å². The summed E-state index contributed by atoms with van der Waals surface area (Å²) in [5, 5.41) is 18.0. The molecular weight excluding hydrogens is 171 g/mol. The van der Waals surface area contributed by atoms with Gasteiger partial charge in [0.15, 0.2) is 0 Å². The zero-order valence-corrected chi connectivity index (χ0v) is 7.93. The van der Waals surface area contributed by atoms with E-state index in [0.29, 0.717) is 0 Å². The lowest BCUT2D eigenvalue weighted by atomic mass is 9.67. The summed E-state index contributed by atoms with van der Waals surface area (Å²) in [6, 6.07) is 0. The molecule has 1 fully saturated rings. The number of hydrogen-bond acceptors (Lipinski definition) is 3. The lowest BCUT2D eigenvalue weighted by Crippen LogP contribution is -2.19. The molecule has 1 aliphatic heterocycles. The SMILES string of the molecule is CCC1B(O)OC(CC(=O)O)C1C. The zero-order valence-electron chi connectivity index (χ0n) is 7.93. The summed E-state index contributed by atoms with van der Waals surface area (Å²) in [6.07, 6.45) is 0.463. The van der Waals surface area contributed by atoms with Gasteiger partial charge in [-0.05, 0) is 11.7 Å². The molecule has 13 heavy (non-hydrogen) atoms. The molecule has 0 spiro atoms. The van der Waals surface area contributed by atoms with Crippen LogP contribution < -0.4 is 0 Å².